The van der Waals surface area contributed by atoms with E-state index in [1.54, 1.807) is 6.08 Å². The number of carbonyl (C=O) groups excluding carboxylic acids is 2. The van der Waals surface area contributed by atoms with Crippen molar-refractivity contribution in [3.05, 3.63) is 79.2 Å². The van der Waals surface area contributed by atoms with Gasteiger partial charge in [-0.3, -0.25) is 25.1 Å². The number of hydrogen-bond acceptors (Lipinski definition) is 6. The van der Waals surface area contributed by atoms with Crippen LogP contribution >= 0.6 is 39.9 Å². The Morgan fingerprint density at radius 1 is 1.26 bits per heavy atom. The number of amides is 2. The molecule has 1 N–H and O–H groups in total. The van der Waals surface area contributed by atoms with Crippen LogP contribution in [0.4, 0.5) is 5.69 Å². The third-order valence-electron chi connectivity index (χ3n) is 3.47. The number of hydrogen-bond donors (Lipinski definition) is 1. The van der Waals surface area contributed by atoms with Crippen LogP contribution in [0.25, 0.3) is 6.08 Å². The molecule has 2 amide bonds. The molecule has 0 aliphatic carbocycles. The summed E-state index contributed by atoms with van der Waals surface area (Å²) >= 11 is 9.59. The number of nitrogens with one attached hydrogen (secondary N) is 1. The number of nitro benzene ring substituents is 1. The van der Waals surface area contributed by atoms with Crippen LogP contribution in [0.15, 0.2) is 57.9 Å². The highest BCUT2D eigenvalue weighted by Crippen LogP contribution is 2.32. The average molecular weight is 464 g/mol. The van der Waals surface area contributed by atoms with Gasteiger partial charge in [0.1, 0.15) is 0 Å². The molecule has 2 aromatic rings. The minimum Gasteiger partial charge on any atom is -0.267 e. The van der Waals surface area contributed by atoms with Crippen molar-refractivity contribution in [1.29, 1.82) is 0 Å². The summed E-state index contributed by atoms with van der Waals surface area (Å²) in [4.78, 5) is 35.5. The smallest absolute Gasteiger partial charge is 0.267 e. The molecule has 7 nitrogen and oxygen atoms in total. The maximum atomic E-state index is 12.6. The molecule has 0 spiro atoms. The maximum Gasteiger partial charge on any atom is 0.285 e. The first-order valence-electron chi connectivity index (χ1n) is 7.44. The first kappa shape index (κ1) is 19.2. The van der Waals surface area contributed by atoms with Crippen molar-refractivity contribution in [2.45, 2.75) is 0 Å². The van der Waals surface area contributed by atoms with Gasteiger partial charge in [-0.2, -0.15) is 5.01 Å². The number of thiocarbonyl (C=S) groups is 1. The lowest BCUT2D eigenvalue weighted by Gasteiger charge is -2.15. The van der Waals surface area contributed by atoms with Gasteiger partial charge in [0.2, 0.25) is 0 Å². The quantitative estimate of drug-likeness (QED) is 0.319. The van der Waals surface area contributed by atoms with Gasteiger partial charge in [0.15, 0.2) is 4.32 Å². The fraction of sp³-hybridized carbons (Fsp3) is 0. The van der Waals surface area contributed by atoms with Gasteiger partial charge in [0, 0.05) is 22.2 Å². The summed E-state index contributed by atoms with van der Waals surface area (Å²) in [6.07, 6.45) is 1.67. The second kappa shape index (κ2) is 7.99. The molecule has 10 heteroatoms. The second-order valence-electron chi connectivity index (χ2n) is 5.32. The lowest BCUT2D eigenvalue weighted by atomic mass is 10.2. The fourth-order valence-electron chi connectivity index (χ4n) is 2.24. The molecule has 27 heavy (non-hydrogen) atoms. The predicted octanol–water partition coefficient (Wildman–Crippen LogP) is 3.90. The Morgan fingerprint density at radius 3 is 2.70 bits per heavy atom. The second-order valence-corrected chi connectivity index (χ2v) is 7.91. The number of halogens is 1. The standard InChI is InChI=1S/C17H10BrN3O4S2/c18-12-5-1-3-10(7-12)8-14-16(23)20(17(26)27-14)19-15(22)11-4-2-6-13(9-11)21(24)25/h1-9H,(H,19,22)/b14-8-. The molecule has 0 unspecified atom stereocenters. The van der Waals surface area contributed by atoms with Crippen LogP contribution in [0.5, 0.6) is 0 Å². The number of nitrogens with zero attached hydrogens (tertiary/aromatic N) is 2. The molecule has 0 atom stereocenters. The molecule has 1 heterocycles. The van der Waals surface area contributed by atoms with Gasteiger partial charge in [-0.15, -0.1) is 0 Å². The minimum absolute atomic E-state index is 0.0502. The molecule has 0 radical (unpaired) electrons. The van der Waals surface area contributed by atoms with Crippen LogP contribution in [-0.2, 0) is 4.79 Å². The minimum atomic E-state index is -0.668. The molecule has 2 aromatic carbocycles. The fourth-order valence-corrected chi connectivity index (χ4v) is 3.84. The molecule has 3 rings (SSSR count). The number of rotatable bonds is 4. The van der Waals surface area contributed by atoms with Crippen LogP contribution in [-0.4, -0.2) is 26.1 Å². The van der Waals surface area contributed by atoms with E-state index < -0.39 is 16.7 Å². The summed E-state index contributed by atoms with van der Waals surface area (Å²) in [6, 6.07) is 12.6. The van der Waals surface area contributed by atoms with Gasteiger partial charge < -0.3 is 0 Å². The average Bonchev–Trinajstić information content (AvgIpc) is 2.89. The largest absolute Gasteiger partial charge is 0.285 e. The third-order valence-corrected chi connectivity index (χ3v) is 5.27. The molecule has 1 aliphatic heterocycles. The van der Waals surface area contributed by atoms with E-state index in [4.69, 9.17) is 12.2 Å². The van der Waals surface area contributed by atoms with Crippen LogP contribution in [0.2, 0.25) is 0 Å². The maximum absolute atomic E-state index is 12.6. The SMILES string of the molecule is O=C(NN1C(=O)/C(=C/c2cccc(Br)c2)SC1=S)c1cccc([N+](=O)[O-])c1. The molecule has 136 valence electrons. The van der Waals surface area contributed by atoms with E-state index in [2.05, 4.69) is 21.4 Å². The molecule has 1 fully saturated rings. The summed E-state index contributed by atoms with van der Waals surface area (Å²) in [5, 5.41) is 11.8. The number of thioether (sulfide) groups is 1. The van der Waals surface area contributed by atoms with E-state index in [-0.39, 0.29) is 15.6 Å². The van der Waals surface area contributed by atoms with Gasteiger partial charge >= 0.3 is 0 Å². The Balaban J connectivity index is 1.78. The zero-order valence-corrected chi connectivity index (χ0v) is 16.6. The highest BCUT2D eigenvalue weighted by atomic mass is 79.9. The van der Waals surface area contributed by atoms with Gasteiger partial charge in [-0.05, 0) is 42.1 Å². The van der Waals surface area contributed by atoms with Crippen molar-refractivity contribution in [3.63, 3.8) is 0 Å². The van der Waals surface area contributed by atoms with Gasteiger partial charge in [0.25, 0.3) is 17.5 Å². The third kappa shape index (κ3) is 4.41. The van der Waals surface area contributed by atoms with Crippen molar-refractivity contribution < 1.29 is 14.5 Å². The lowest BCUT2D eigenvalue weighted by molar-refractivity contribution is -0.384. The normalized spacial score (nSPS) is 15.3. The summed E-state index contributed by atoms with van der Waals surface area (Å²) in [6.45, 7) is 0. The molecular weight excluding hydrogens is 454 g/mol. The van der Waals surface area contributed by atoms with Crippen LogP contribution in [0.3, 0.4) is 0 Å². The first-order valence-corrected chi connectivity index (χ1v) is 9.46. The Bertz CT molecular complexity index is 1010. The summed E-state index contributed by atoms with van der Waals surface area (Å²) in [7, 11) is 0. The molecule has 0 bridgehead atoms. The molecule has 0 saturated carbocycles. The van der Waals surface area contributed by atoms with E-state index in [9.17, 15) is 19.7 Å². The van der Waals surface area contributed by atoms with E-state index in [1.807, 2.05) is 24.3 Å². The predicted molar refractivity (Wildman–Crippen MR) is 110 cm³/mol. The number of carbonyl (C=O) groups is 2. The van der Waals surface area contributed by atoms with E-state index >= 15 is 0 Å². The number of non-ortho nitro benzene ring substituents is 1. The van der Waals surface area contributed by atoms with Crippen molar-refractivity contribution >= 4 is 67.8 Å². The number of benzene rings is 2. The van der Waals surface area contributed by atoms with Crippen LogP contribution < -0.4 is 5.43 Å². The monoisotopic (exact) mass is 463 g/mol. The van der Waals surface area contributed by atoms with Crippen molar-refractivity contribution in [2.75, 3.05) is 0 Å². The zero-order valence-electron chi connectivity index (χ0n) is 13.4. The van der Waals surface area contributed by atoms with E-state index in [0.29, 0.717) is 4.91 Å². The summed E-state index contributed by atoms with van der Waals surface area (Å²) < 4.78 is 1.03. The Hall–Kier alpha value is -2.56. The Kier molecular flexibility index (Phi) is 5.68. The Labute approximate surface area is 171 Å². The van der Waals surface area contributed by atoms with Crippen molar-refractivity contribution in [2.24, 2.45) is 0 Å². The van der Waals surface area contributed by atoms with E-state index in [1.165, 1.54) is 18.2 Å². The van der Waals surface area contributed by atoms with Gasteiger partial charge in [0.05, 0.1) is 9.83 Å². The topological polar surface area (TPSA) is 92.6 Å². The van der Waals surface area contributed by atoms with Gasteiger partial charge in [-0.25, -0.2) is 0 Å². The Morgan fingerprint density at radius 2 is 2.00 bits per heavy atom. The first-order chi connectivity index (χ1) is 12.8. The highest BCUT2D eigenvalue weighted by Gasteiger charge is 2.34. The van der Waals surface area contributed by atoms with Crippen molar-refractivity contribution in [3.8, 4) is 0 Å². The van der Waals surface area contributed by atoms with Crippen molar-refractivity contribution in [1.82, 2.24) is 10.4 Å². The highest BCUT2D eigenvalue weighted by molar-refractivity contribution is 9.10. The zero-order chi connectivity index (χ0) is 19.6. The molecule has 0 aromatic heterocycles. The summed E-state index contributed by atoms with van der Waals surface area (Å²) in [5.74, 6) is -1.14. The molecular formula is C17H10BrN3O4S2. The number of hydrazine groups is 1. The molecule has 1 aliphatic rings. The molecule has 1 saturated heterocycles. The summed E-state index contributed by atoms with van der Waals surface area (Å²) in [5.41, 5.74) is 3.03. The lowest BCUT2D eigenvalue weighted by Crippen LogP contribution is -2.44. The van der Waals surface area contributed by atoms with Gasteiger partial charge in [-0.1, -0.05) is 45.9 Å². The van der Waals surface area contributed by atoms with Crippen LogP contribution in [0, 0.1) is 10.1 Å². The van der Waals surface area contributed by atoms with E-state index in [0.717, 1.165) is 32.9 Å². The number of nitro groups is 1. The van der Waals surface area contributed by atoms with Crippen LogP contribution in [0.1, 0.15) is 15.9 Å².